The van der Waals surface area contributed by atoms with Crippen LogP contribution in [0.25, 0.3) is 6.08 Å². The Morgan fingerprint density at radius 3 is 2.07 bits per heavy atom. The minimum Gasteiger partial charge on any atom is -0.321 e. The number of hydrogen-bond donors (Lipinski definition) is 2. The zero-order valence-electron chi connectivity index (χ0n) is 16.3. The van der Waals surface area contributed by atoms with E-state index in [-0.39, 0.29) is 27.0 Å². The highest BCUT2D eigenvalue weighted by atomic mass is 35.5. The van der Waals surface area contributed by atoms with Crippen LogP contribution in [0.4, 0.5) is 18.9 Å². The summed E-state index contributed by atoms with van der Waals surface area (Å²) in [6, 6.07) is 8.86. The molecule has 2 amide bonds. The van der Waals surface area contributed by atoms with E-state index in [0.717, 1.165) is 12.1 Å². The van der Waals surface area contributed by atoms with Crippen LogP contribution in [0.1, 0.15) is 31.9 Å². The average molecular weight is 459 g/mol. The molecule has 0 fully saturated rings. The largest absolute Gasteiger partial charge is 0.416 e. The lowest BCUT2D eigenvalue weighted by Gasteiger charge is -2.19. The van der Waals surface area contributed by atoms with Crippen LogP contribution in [0.2, 0.25) is 10.0 Å². The molecule has 2 N–H and O–H groups in total. The van der Waals surface area contributed by atoms with Gasteiger partial charge >= 0.3 is 6.18 Å². The molecule has 2 aromatic carbocycles. The first-order valence-corrected chi connectivity index (χ1v) is 9.50. The number of rotatable bonds is 4. The molecule has 0 bridgehead atoms. The van der Waals surface area contributed by atoms with E-state index in [4.69, 9.17) is 23.2 Å². The van der Waals surface area contributed by atoms with Crippen molar-refractivity contribution in [2.45, 2.75) is 26.9 Å². The molecule has 0 unspecified atom stereocenters. The van der Waals surface area contributed by atoms with Gasteiger partial charge in [-0.25, -0.2) is 0 Å². The van der Waals surface area contributed by atoms with Crippen LogP contribution in [0.3, 0.4) is 0 Å². The highest BCUT2D eigenvalue weighted by molar-refractivity contribution is 6.37. The van der Waals surface area contributed by atoms with Crippen LogP contribution >= 0.6 is 23.2 Å². The molecule has 0 saturated carbocycles. The number of hydrogen-bond acceptors (Lipinski definition) is 2. The second kappa shape index (κ2) is 9.10. The van der Waals surface area contributed by atoms with Crippen molar-refractivity contribution in [1.29, 1.82) is 0 Å². The van der Waals surface area contributed by atoms with E-state index in [0.29, 0.717) is 0 Å². The van der Waals surface area contributed by atoms with E-state index >= 15 is 0 Å². The Balaban J connectivity index is 2.43. The van der Waals surface area contributed by atoms with Crippen molar-refractivity contribution >= 4 is 46.8 Å². The maximum absolute atomic E-state index is 12.9. The number of anilines is 1. The highest BCUT2D eigenvalue weighted by Gasteiger charge is 2.31. The molecule has 4 nitrogen and oxygen atoms in total. The molecule has 0 aromatic heterocycles. The molecule has 0 aliphatic heterocycles. The van der Waals surface area contributed by atoms with Gasteiger partial charge in [-0.3, -0.25) is 9.59 Å². The molecule has 0 atom stereocenters. The summed E-state index contributed by atoms with van der Waals surface area (Å²) in [5, 5.41) is 5.32. The summed E-state index contributed by atoms with van der Waals surface area (Å²) >= 11 is 12.3. The molecule has 0 aliphatic carbocycles. The molecule has 2 rings (SSSR count). The van der Waals surface area contributed by atoms with Crippen LogP contribution in [0.15, 0.2) is 48.2 Å². The van der Waals surface area contributed by atoms with Crippen LogP contribution in [-0.4, -0.2) is 11.8 Å². The molecule has 160 valence electrons. The number of alkyl halides is 3. The molecule has 2 aromatic rings. The van der Waals surface area contributed by atoms with Gasteiger partial charge in [0.05, 0.1) is 5.56 Å². The Morgan fingerprint density at radius 2 is 1.53 bits per heavy atom. The van der Waals surface area contributed by atoms with Crippen LogP contribution in [0, 0.1) is 5.41 Å². The van der Waals surface area contributed by atoms with E-state index in [1.165, 1.54) is 18.2 Å². The topological polar surface area (TPSA) is 58.2 Å². The van der Waals surface area contributed by atoms with Crippen molar-refractivity contribution < 1.29 is 22.8 Å². The lowest BCUT2D eigenvalue weighted by molar-refractivity contribution is -0.137. The Labute approximate surface area is 182 Å². The average Bonchev–Trinajstić information content (AvgIpc) is 2.62. The summed E-state index contributed by atoms with van der Waals surface area (Å²) in [6.45, 7) is 4.94. The van der Waals surface area contributed by atoms with Gasteiger partial charge in [-0.2, -0.15) is 13.2 Å². The van der Waals surface area contributed by atoms with Gasteiger partial charge in [0.25, 0.3) is 5.91 Å². The van der Waals surface area contributed by atoms with E-state index < -0.39 is 29.0 Å². The highest BCUT2D eigenvalue weighted by Crippen LogP contribution is 2.31. The second-order valence-corrected chi connectivity index (χ2v) is 8.24. The molecular weight excluding hydrogens is 440 g/mol. The molecule has 0 spiro atoms. The fourth-order valence-electron chi connectivity index (χ4n) is 2.23. The van der Waals surface area contributed by atoms with Crippen molar-refractivity contribution in [2.75, 3.05) is 5.32 Å². The Morgan fingerprint density at radius 1 is 0.967 bits per heavy atom. The van der Waals surface area contributed by atoms with Gasteiger partial charge in [0.2, 0.25) is 5.91 Å². The quantitative estimate of drug-likeness (QED) is 0.539. The summed E-state index contributed by atoms with van der Waals surface area (Å²) in [6.07, 6.45) is -3.29. The molecule has 9 heteroatoms. The van der Waals surface area contributed by atoms with E-state index in [1.807, 2.05) is 0 Å². The summed E-state index contributed by atoms with van der Waals surface area (Å²) < 4.78 is 38.8. The number of halogens is 5. The SMILES string of the molecule is CC(C)(C)C(=O)N/C(=C/c1c(Cl)cccc1Cl)C(=O)Nc1cccc(C(F)(F)F)c1. The Kier molecular flexibility index (Phi) is 7.21. The molecule has 0 saturated heterocycles. The Hall–Kier alpha value is -2.51. The van der Waals surface area contributed by atoms with Crippen LogP contribution in [0.5, 0.6) is 0 Å². The summed E-state index contributed by atoms with van der Waals surface area (Å²) in [4.78, 5) is 25.2. The van der Waals surface area contributed by atoms with Crippen LogP contribution in [-0.2, 0) is 15.8 Å². The van der Waals surface area contributed by atoms with Gasteiger partial charge in [-0.15, -0.1) is 0 Å². The minimum atomic E-state index is -4.56. The summed E-state index contributed by atoms with van der Waals surface area (Å²) in [5.41, 5.74) is -1.78. The van der Waals surface area contributed by atoms with E-state index in [2.05, 4.69) is 10.6 Å². The van der Waals surface area contributed by atoms with Crippen molar-refractivity contribution in [3.8, 4) is 0 Å². The Bertz CT molecular complexity index is 976. The second-order valence-electron chi connectivity index (χ2n) is 7.43. The molecule has 0 aliphatic rings. The monoisotopic (exact) mass is 458 g/mol. The zero-order valence-corrected chi connectivity index (χ0v) is 17.8. The van der Waals surface area contributed by atoms with Crippen molar-refractivity contribution in [3.05, 3.63) is 69.3 Å². The lowest BCUT2D eigenvalue weighted by atomic mass is 9.95. The smallest absolute Gasteiger partial charge is 0.321 e. The van der Waals surface area contributed by atoms with E-state index in [9.17, 15) is 22.8 Å². The van der Waals surface area contributed by atoms with E-state index in [1.54, 1.807) is 39.0 Å². The lowest BCUT2D eigenvalue weighted by Crippen LogP contribution is -2.38. The maximum atomic E-state index is 12.9. The number of carbonyl (C=O) groups is 2. The van der Waals surface area contributed by atoms with Gasteiger partial charge in [-0.1, -0.05) is 56.1 Å². The normalized spacial score (nSPS) is 12.5. The van der Waals surface area contributed by atoms with Crippen molar-refractivity contribution in [1.82, 2.24) is 5.32 Å². The third-order valence-corrected chi connectivity index (χ3v) is 4.57. The number of nitrogens with one attached hydrogen (secondary N) is 2. The van der Waals surface area contributed by atoms with Crippen molar-refractivity contribution in [3.63, 3.8) is 0 Å². The number of amides is 2. The molecule has 0 radical (unpaired) electrons. The predicted octanol–water partition coefficient (Wildman–Crippen LogP) is 6.15. The fourth-order valence-corrected chi connectivity index (χ4v) is 2.74. The molecule has 0 heterocycles. The molecular formula is C21H19Cl2F3N2O2. The predicted molar refractivity (Wildman–Crippen MR) is 112 cm³/mol. The maximum Gasteiger partial charge on any atom is 0.416 e. The standard InChI is InChI=1S/C21H19Cl2F3N2O2/c1-20(2,3)19(30)28-17(11-14-15(22)8-5-9-16(14)23)18(29)27-13-7-4-6-12(10-13)21(24,25)26/h4-11H,1-3H3,(H,27,29)(H,28,30)/b17-11+. The first-order valence-electron chi connectivity index (χ1n) is 8.75. The van der Waals surface area contributed by atoms with Crippen LogP contribution < -0.4 is 10.6 Å². The third-order valence-electron chi connectivity index (χ3n) is 3.91. The zero-order chi connectivity index (χ0) is 22.7. The van der Waals surface area contributed by atoms with Gasteiger partial charge in [0.15, 0.2) is 0 Å². The number of carbonyl (C=O) groups excluding carboxylic acids is 2. The van der Waals surface area contributed by atoms with Gasteiger partial charge in [-0.05, 0) is 36.4 Å². The first-order chi connectivity index (χ1) is 13.8. The fraction of sp³-hybridized carbons (Fsp3) is 0.238. The summed E-state index contributed by atoms with van der Waals surface area (Å²) in [5.74, 6) is -1.31. The van der Waals surface area contributed by atoms with Crippen molar-refractivity contribution in [2.24, 2.45) is 5.41 Å². The number of benzene rings is 2. The first kappa shape index (κ1) is 23.8. The summed E-state index contributed by atoms with van der Waals surface area (Å²) in [7, 11) is 0. The molecule has 30 heavy (non-hydrogen) atoms. The van der Waals surface area contributed by atoms with Gasteiger partial charge in [0.1, 0.15) is 5.70 Å². The third kappa shape index (κ3) is 6.24. The van der Waals surface area contributed by atoms with Gasteiger partial charge < -0.3 is 10.6 Å². The van der Waals surface area contributed by atoms with Gasteiger partial charge in [0, 0.05) is 26.7 Å². The minimum absolute atomic E-state index is 0.0870.